The van der Waals surface area contributed by atoms with Gasteiger partial charge in [-0.25, -0.2) is 0 Å². The van der Waals surface area contributed by atoms with Crippen molar-refractivity contribution in [1.29, 1.82) is 0 Å². The molecule has 2 aliphatic heterocycles. The number of aromatic nitrogens is 1. The summed E-state index contributed by atoms with van der Waals surface area (Å²) in [7, 11) is 2.21. The van der Waals surface area contributed by atoms with Gasteiger partial charge < -0.3 is 9.88 Å². The van der Waals surface area contributed by atoms with Gasteiger partial charge in [-0.3, -0.25) is 9.69 Å². The number of nitrogens with one attached hydrogen (secondary N) is 1. The number of nitrogens with zero attached hydrogens (tertiary/aromatic N) is 2. The molecular formula is C14H21N3OS2. The molecule has 1 N–H and O–H groups in total. The minimum absolute atomic E-state index is 0.249. The third-order valence-corrected chi connectivity index (χ3v) is 6.07. The number of aromatic amines is 1. The van der Waals surface area contributed by atoms with E-state index in [4.69, 9.17) is 12.2 Å². The predicted molar refractivity (Wildman–Crippen MR) is 83.7 cm³/mol. The van der Waals surface area contributed by atoms with Crippen LogP contribution in [0.4, 0.5) is 0 Å². The number of aryl methyl sites for hydroxylation is 1. The number of carbonyl (C=O) groups is 1. The van der Waals surface area contributed by atoms with E-state index in [-0.39, 0.29) is 5.91 Å². The van der Waals surface area contributed by atoms with Crippen molar-refractivity contribution in [3.8, 4) is 0 Å². The first-order chi connectivity index (χ1) is 9.54. The summed E-state index contributed by atoms with van der Waals surface area (Å²) >= 11 is 6.67. The lowest BCUT2D eigenvalue weighted by atomic mass is 10.1. The van der Waals surface area contributed by atoms with Crippen molar-refractivity contribution in [3.05, 3.63) is 14.5 Å². The first-order valence-electron chi connectivity index (χ1n) is 7.23. The van der Waals surface area contributed by atoms with Crippen LogP contribution >= 0.6 is 23.6 Å². The van der Waals surface area contributed by atoms with Crippen LogP contribution in [-0.4, -0.2) is 52.9 Å². The number of likely N-dealkylation sites (N-methyl/N-ethyl adjacent to an activating group) is 1. The van der Waals surface area contributed by atoms with Crippen molar-refractivity contribution in [3.63, 3.8) is 0 Å². The molecule has 4 nitrogen and oxygen atoms in total. The van der Waals surface area contributed by atoms with Gasteiger partial charge in [0.2, 0.25) is 5.91 Å². The quantitative estimate of drug-likeness (QED) is 0.852. The van der Waals surface area contributed by atoms with E-state index >= 15 is 0 Å². The maximum Gasteiger partial charge on any atom is 0.227 e. The lowest BCUT2D eigenvalue weighted by Gasteiger charge is -2.25. The second-order valence-electron chi connectivity index (χ2n) is 5.92. The maximum absolute atomic E-state index is 12.5. The van der Waals surface area contributed by atoms with E-state index in [0.29, 0.717) is 18.5 Å². The van der Waals surface area contributed by atoms with Crippen molar-refractivity contribution in [2.24, 2.45) is 0 Å². The van der Waals surface area contributed by atoms with Gasteiger partial charge in [-0.1, -0.05) is 0 Å². The van der Waals surface area contributed by atoms with E-state index in [1.54, 1.807) is 0 Å². The van der Waals surface area contributed by atoms with E-state index in [1.165, 1.54) is 24.2 Å². The third kappa shape index (κ3) is 2.69. The fourth-order valence-corrected chi connectivity index (χ4v) is 4.67. The van der Waals surface area contributed by atoms with Crippen LogP contribution in [0.5, 0.6) is 0 Å². The number of likely N-dealkylation sites (tertiary alicyclic amines) is 1. The normalized spacial score (nSPS) is 26.8. The smallest absolute Gasteiger partial charge is 0.227 e. The number of thiazole rings is 1. The Hall–Kier alpha value is -0.720. The SMILES string of the molecule is Cc1[nH]c(=S)sc1CC(=O)N1CCC2CCC(C1)N2C. The molecule has 0 spiro atoms. The summed E-state index contributed by atoms with van der Waals surface area (Å²) in [6, 6.07) is 1.23. The topological polar surface area (TPSA) is 39.3 Å². The Kier molecular flexibility index (Phi) is 3.97. The Balaban J connectivity index is 1.68. The Bertz CT molecular complexity index is 565. The molecule has 6 heteroatoms. The van der Waals surface area contributed by atoms with Gasteiger partial charge in [0.05, 0.1) is 6.42 Å². The van der Waals surface area contributed by atoms with Gasteiger partial charge >= 0.3 is 0 Å². The molecule has 2 saturated heterocycles. The molecule has 2 aliphatic rings. The van der Waals surface area contributed by atoms with E-state index in [1.807, 2.05) is 6.92 Å². The Morgan fingerprint density at radius 2 is 2.15 bits per heavy atom. The Labute approximate surface area is 128 Å². The predicted octanol–water partition coefficient (Wildman–Crippen LogP) is 2.35. The number of carbonyl (C=O) groups excluding carboxylic acids is 1. The van der Waals surface area contributed by atoms with Crippen LogP contribution < -0.4 is 0 Å². The second kappa shape index (κ2) is 5.58. The van der Waals surface area contributed by atoms with Crippen LogP contribution in [0.2, 0.25) is 0 Å². The van der Waals surface area contributed by atoms with Gasteiger partial charge in [-0.2, -0.15) is 0 Å². The lowest BCUT2D eigenvalue weighted by Crippen LogP contribution is -2.40. The van der Waals surface area contributed by atoms with E-state index in [9.17, 15) is 4.79 Å². The van der Waals surface area contributed by atoms with Gasteiger partial charge in [0.25, 0.3) is 0 Å². The second-order valence-corrected chi connectivity index (χ2v) is 7.69. The summed E-state index contributed by atoms with van der Waals surface area (Å²) in [5.41, 5.74) is 1.04. The lowest BCUT2D eigenvalue weighted by molar-refractivity contribution is -0.130. The molecule has 0 aromatic carbocycles. The first-order valence-corrected chi connectivity index (χ1v) is 8.45. The van der Waals surface area contributed by atoms with Gasteiger partial charge in [0, 0.05) is 35.7 Å². The van der Waals surface area contributed by atoms with E-state index in [0.717, 1.165) is 34.0 Å². The number of H-pyrrole nitrogens is 1. The highest BCUT2D eigenvalue weighted by atomic mass is 32.1. The zero-order valence-electron chi connectivity index (χ0n) is 12.0. The highest BCUT2D eigenvalue weighted by molar-refractivity contribution is 7.73. The average Bonchev–Trinajstić information content (AvgIpc) is 2.79. The van der Waals surface area contributed by atoms with E-state index in [2.05, 4.69) is 21.8 Å². The molecule has 0 radical (unpaired) electrons. The number of rotatable bonds is 2. The zero-order chi connectivity index (χ0) is 14.3. The molecule has 1 aromatic rings. The third-order valence-electron chi connectivity index (χ3n) is 4.74. The number of fused-ring (bicyclic) bond motifs is 2. The van der Waals surface area contributed by atoms with Crippen LogP contribution in [0.25, 0.3) is 0 Å². The molecule has 3 rings (SSSR count). The molecule has 2 bridgehead atoms. The molecule has 1 amide bonds. The highest BCUT2D eigenvalue weighted by Crippen LogP contribution is 2.29. The van der Waals surface area contributed by atoms with Crippen molar-refractivity contribution in [2.45, 2.75) is 44.7 Å². The number of hydrogen-bond acceptors (Lipinski definition) is 4. The summed E-state index contributed by atoms with van der Waals surface area (Å²) in [4.78, 5) is 21.3. The molecule has 2 unspecified atom stereocenters. The molecule has 0 aliphatic carbocycles. The fourth-order valence-electron chi connectivity index (χ4n) is 3.39. The largest absolute Gasteiger partial charge is 0.341 e. The summed E-state index contributed by atoms with van der Waals surface area (Å²) < 4.78 is 0.764. The zero-order valence-corrected chi connectivity index (χ0v) is 13.6. The summed E-state index contributed by atoms with van der Waals surface area (Å²) in [5, 5.41) is 0. The van der Waals surface area contributed by atoms with Gasteiger partial charge in [0.1, 0.15) is 0 Å². The molecule has 20 heavy (non-hydrogen) atoms. The first kappa shape index (κ1) is 14.2. The minimum atomic E-state index is 0.249. The van der Waals surface area contributed by atoms with Crippen LogP contribution in [0, 0.1) is 10.9 Å². The van der Waals surface area contributed by atoms with Crippen LogP contribution in [0.1, 0.15) is 29.8 Å². The average molecular weight is 311 g/mol. The van der Waals surface area contributed by atoms with Crippen LogP contribution in [0.3, 0.4) is 0 Å². The molecule has 2 atom stereocenters. The van der Waals surface area contributed by atoms with Gasteiger partial charge in [-0.05, 0) is 45.5 Å². The van der Waals surface area contributed by atoms with Crippen LogP contribution in [0.15, 0.2) is 0 Å². The van der Waals surface area contributed by atoms with Crippen molar-refractivity contribution in [2.75, 3.05) is 20.1 Å². The monoisotopic (exact) mass is 311 g/mol. The number of hydrogen-bond donors (Lipinski definition) is 1. The van der Waals surface area contributed by atoms with Gasteiger partial charge in [0.15, 0.2) is 3.95 Å². The molecular weight excluding hydrogens is 290 g/mol. The molecule has 110 valence electrons. The minimum Gasteiger partial charge on any atom is -0.341 e. The highest BCUT2D eigenvalue weighted by Gasteiger charge is 2.35. The van der Waals surface area contributed by atoms with Crippen molar-refractivity contribution < 1.29 is 4.79 Å². The van der Waals surface area contributed by atoms with Crippen molar-refractivity contribution in [1.82, 2.24) is 14.8 Å². The van der Waals surface area contributed by atoms with E-state index < -0.39 is 0 Å². The fraction of sp³-hybridized carbons (Fsp3) is 0.714. The summed E-state index contributed by atoms with van der Waals surface area (Å²) in [6.07, 6.45) is 4.12. The molecule has 1 aromatic heterocycles. The van der Waals surface area contributed by atoms with Gasteiger partial charge in [-0.15, -0.1) is 11.3 Å². The molecule has 3 heterocycles. The van der Waals surface area contributed by atoms with Crippen LogP contribution in [-0.2, 0) is 11.2 Å². The Morgan fingerprint density at radius 1 is 1.40 bits per heavy atom. The molecule has 2 fully saturated rings. The summed E-state index contributed by atoms with van der Waals surface area (Å²) in [6.45, 7) is 3.78. The van der Waals surface area contributed by atoms with Crippen molar-refractivity contribution >= 4 is 29.5 Å². The standard InChI is InChI=1S/C14H21N3OS2/c1-9-12(20-14(19)15-9)7-13(18)17-6-5-10-3-4-11(8-17)16(10)2/h10-11H,3-8H2,1-2H3,(H,15,19). The number of amides is 1. The Morgan fingerprint density at radius 3 is 2.85 bits per heavy atom. The maximum atomic E-state index is 12.5. The summed E-state index contributed by atoms with van der Waals surface area (Å²) in [5.74, 6) is 0.249. The molecule has 0 saturated carbocycles.